The number of ether oxygens (including phenoxy) is 1. The molecule has 3 heteroatoms. The number of carbonyl (C=O) groups excluding carboxylic acids is 2. The molecule has 0 N–H and O–H groups in total. The lowest BCUT2D eigenvalue weighted by Gasteiger charge is -2.06. The second-order valence-corrected chi connectivity index (χ2v) is 6.23. The van der Waals surface area contributed by atoms with Gasteiger partial charge in [0, 0.05) is 12.3 Å². The van der Waals surface area contributed by atoms with E-state index in [-0.39, 0.29) is 23.6 Å². The van der Waals surface area contributed by atoms with Crippen LogP contribution in [0.5, 0.6) is 0 Å². The van der Waals surface area contributed by atoms with Gasteiger partial charge in [-0.1, -0.05) is 54.6 Å². The first-order valence-corrected chi connectivity index (χ1v) is 8.52. The first kappa shape index (κ1) is 16.4. The van der Waals surface area contributed by atoms with Gasteiger partial charge in [-0.3, -0.25) is 9.59 Å². The van der Waals surface area contributed by atoms with Crippen LogP contribution < -0.4 is 0 Å². The van der Waals surface area contributed by atoms with Crippen molar-refractivity contribution in [1.82, 2.24) is 0 Å². The normalized spacial score (nSPS) is 18.9. The van der Waals surface area contributed by atoms with Gasteiger partial charge in [-0.25, -0.2) is 0 Å². The minimum Gasteiger partial charge on any atom is -0.466 e. The fourth-order valence-corrected chi connectivity index (χ4v) is 3.05. The first-order chi connectivity index (χ1) is 11.7. The lowest BCUT2D eigenvalue weighted by atomic mass is 9.99. The largest absolute Gasteiger partial charge is 0.466 e. The predicted molar refractivity (Wildman–Crippen MR) is 93.4 cm³/mol. The summed E-state index contributed by atoms with van der Waals surface area (Å²) in [4.78, 5) is 23.9. The van der Waals surface area contributed by atoms with Crippen LogP contribution in [0.2, 0.25) is 0 Å². The maximum atomic E-state index is 12.2. The summed E-state index contributed by atoms with van der Waals surface area (Å²) in [6, 6.07) is 18.5. The minimum atomic E-state index is -0.220. The number of aryl methyl sites for hydroxylation is 1. The van der Waals surface area contributed by atoms with Crippen LogP contribution in [-0.4, -0.2) is 18.4 Å². The summed E-state index contributed by atoms with van der Waals surface area (Å²) in [5, 5.41) is 0. The monoisotopic (exact) mass is 322 g/mol. The number of hydrogen-bond acceptors (Lipinski definition) is 3. The Bertz CT molecular complexity index is 721. The molecule has 0 radical (unpaired) electrons. The number of ketones is 1. The molecule has 1 aliphatic rings. The van der Waals surface area contributed by atoms with Crippen LogP contribution in [0.15, 0.2) is 54.6 Å². The van der Waals surface area contributed by atoms with Crippen molar-refractivity contribution in [1.29, 1.82) is 0 Å². The van der Waals surface area contributed by atoms with Crippen LogP contribution >= 0.6 is 0 Å². The molecule has 2 aromatic carbocycles. The number of carbonyl (C=O) groups is 2. The second-order valence-electron chi connectivity index (χ2n) is 6.23. The van der Waals surface area contributed by atoms with Crippen LogP contribution in [-0.2, 0) is 20.7 Å². The highest BCUT2D eigenvalue weighted by Crippen LogP contribution is 2.41. The van der Waals surface area contributed by atoms with E-state index in [1.165, 1.54) is 5.56 Å². The van der Waals surface area contributed by atoms with E-state index in [9.17, 15) is 9.59 Å². The smallest absolute Gasteiger partial charge is 0.309 e. The molecular formula is C21H22O3. The average molecular weight is 322 g/mol. The van der Waals surface area contributed by atoms with E-state index in [1.54, 1.807) is 6.92 Å². The van der Waals surface area contributed by atoms with E-state index in [1.807, 2.05) is 24.3 Å². The lowest BCUT2D eigenvalue weighted by Crippen LogP contribution is -2.12. The summed E-state index contributed by atoms with van der Waals surface area (Å²) in [5.74, 6) is -0.366. The van der Waals surface area contributed by atoms with Crippen molar-refractivity contribution in [2.24, 2.45) is 11.8 Å². The van der Waals surface area contributed by atoms with Crippen LogP contribution in [0.4, 0.5) is 0 Å². The molecule has 3 nitrogen and oxygen atoms in total. The van der Waals surface area contributed by atoms with Crippen molar-refractivity contribution in [2.75, 3.05) is 6.61 Å². The van der Waals surface area contributed by atoms with Crippen molar-refractivity contribution in [3.8, 4) is 11.1 Å². The molecule has 0 amide bonds. The van der Waals surface area contributed by atoms with Gasteiger partial charge >= 0.3 is 5.97 Å². The van der Waals surface area contributed by atoms with E-state index in [0.29, 0.717) is 25.9 Å². The van der Waals surface area contributed by atoms with Gasteiger partial charge < -0.3 is 4.74 Å². The molecule has 0 unspecified atom stereocenters. The fraction of sp³-hybridized carbons (Fsp3) is 0.333. The minimum absolute atomic E-state index is 0.124. The zero-order valence-electron chi connectivity index (χ0n) is 13.9. The summed E-state index contributed by atoms with van der Waals surface area (Å²) in [6.07, 6.45) is 1.85. The van der Waals surface area contributed by atoms with E-state index >= 15 is 0 Å². The van der Waals surface area contributed by atoms with E-state index in [2.05, 4.69) is 30.3 Å². The third-order valence-electron chi connectivity index (χ3n) is 4.49. The fourth-order valence-electron chi connectivity index (χ4n) is 3.05. The molecule has 24 heavy (non-hydrogen) atoms. The quantitative estimate of drug-likeness (QED) is 0.722. The summed E-state index contributed by atoms with van der Waals surface area (Å²) >= 11 is 0. The van der Waals surface area contributed by atoms with Crippen LogP contribution in [0, 0.1) is 11.8 Å². The Balaban J connectivity index is 1.56. The summed E-state index contributed by atoms with van der Waals surface area (Å²) < 4.78 is 4.98. The van der Waals surface area contributed by atoms with Gasteiger partial charge in [0.15, 0.2) is 0 Å². The molecule has 0 bridgehead atoms. The molecule has 1 fully saturated rings. The Hall–Kier alpha value is -2.42. The van der Waals surface area contributed by atoms with Gasteiger partial charge in [-0.2, -0.15) is 0 Å². The zero-order valence-corrected chi connectivity index (χ0v) is 13.9. The van der Waals surface area contributed by atoms with Gasteiger partial charge in [0.25, 0.3) is 0 Å². The maximum Gasteiger partial charge on any atom is 0.309 e. The highest BCUT2D eigenvalue weighted by atomic mass is 16.5. The molecule has 2 atom stereocenters. The SMILES string of the molecule is CCOC(=O)[C@H]1C[C@@H]1C(=O)CCc1cccc(-c2ccccc2)c1. The van der Waals surface area contributed by atoms with Gasteiger partial charge in [0.1, 0.15) is 5.78 Å². The number of esters is 1. The molecule has 1 saturated carbocycles. The molecule has 3 rings (SSSR count). The third-order valence-corrected chi connectivity index (χ3v) is 4.49. The molecule has 1 aliphatic carbocycles. The van der Waals surface area contributed by atoms with Gasteiger partial charge in [-0.05, 0) is 36.5 Å². The summed E-state index contributed by atoms with van der Waals surface area (Å²) in [7, 11) is 0. The van der Waals surface area contributed by atoms with Crippen molar-refractivity contribution >= 4 is 11.8 Å². The Morgan fingerprint density at radius 1 is 1.00 bits per heavy atom. The molecule has 0 heterocycles. The Labute approximate surface area is 142 Å². The highest BCUT2D eigenvalue weighted by Gasteiger charge is 2.48. The Morgan fingerprint density at radius 3 is 2.50 bits per heavy atom. The highest BCUT2D eigenvalue weighted by molar-refractivity contribution is 5.91. The van der Waals surface area contributed by atoms with Crippen molar-refractivity contribution in [3.05, 3.63) is 60.2 Å². The van der Waals surface area contributed by atoms with Crippen LogP contribution in [0.1, 0.15) is 25.3 Å². The van der Waals surface area contributed by atoms with Crippen LogP contribution in [0.25, 0.3) is 11.1 Å². The predicted octanol–water partition coefficient (Wildman–Crippen LogP) is 4.05. The summed E-state index contributed by atoms with van der Waals surface area (Å²) in [6.45, 7) is 2.17. The van der Waals surface area contributed by atoms with E-state index in [4.69, 9.17) is 4.74 Å². The van der Waals surface area contributed by atoms with Crippen molar-refractivity contribution in [3.63, 3.8) is 0 Å². The van der Waals surface area contributed by atoms with Gasteiger partial charge in [0.2, 0.25) is 0 Å². The van der Waals surface area contributed by atoms with Crippen molar-refractivity contribution < 1.29 is 14.3 Å². The van der Waals surface area contributed by atoms with Crippen LogP contribution in [0.3, 0.4) is 0 Å². The number of Topliss-reactive ketones (excluding diaryl/α,β-unsaturated/α-hetero) is 1. The molecule has 124 valence electrons. The van der Waals surface area contributed by atoms with Gasteiger partial charge in [0.05, 0.1) is 12.5 Å². The van der Waals surface area contributed by atoms with Crippen molar-refractivity contribution in [2.45, 2.75) is 26.2 Å². The third kappa shape index (κ3) is 3.91. The maximum absolute atomic E-state index is 12.2. The second kappa shape index (κ2) is 7.43. The van der Waals surface area contributed by atoms with E-state index in [0.717, 1.165) is 11.1 Å². The Morgan fingerprint density at radius 2 is 1.75 bits per heavy atom. The molecular weight excluding hydrogens is 300 g/mol. The average Bonchev–Trinajstić information content (AvgIpc) is 3.42. The zero-order chi connectivity index (χ0) is 16.9. The molecule has 0 aromatic heterocycles. The molecule has 0 saturated heterocycles. The number of hydrogen-bond donors (Lipinski definition) is 0. The van der Waals surface area contributed by atoms with Gasteiger partial charge in [-0.15, -0.1) is 0 Å². The Kier molecular flexibility index (Phi) is 5.09. The topological polar surface area (TPSA) is 43.4 Å². The molecule has 2 aromatic rings. The summed E-state index contributed by atoms with van der Waals surface area (Å²) in [5.41, 5.74) is 3.49. The number of rotatable bonds is 7. The molecule has 0 spiro atoms. The first-order valence-electron chi connectivity index (χ1n) is 8.52. The lowest BCUT2D eigenvalue weighted by molar-refractivity contribution is -0.145. The number of benzene rings is 2. The van der Waals surface area contributed by atoms with E-state index < -0.39 is 0 Å². The molecule has 0 aliphatic heterocycles. The standard InChI is InChI=1S/C21H22O3/c1-2-24-21(23)19-14-18(19)20(22)12-11-15-7-6-10-17(13-15)16-8-4-3-5-9-16/h3-10,13,18-19H,2,11-12,14H2,1H3/t18-,19-/m0/s1.